The molecule has 0 fully saturated rings. The lowest BCUT2D eigenvalue weighted by Crippen LogP contribution is -2.25. The van der Waals surface area contributed by atoms with Gasteiger partial charge in [-0.2, -0.15) is 5.10 Å². The number of amides is 1. The van der Waals surface area contributed by atoms with Crippen LogP contribution in [0.1, 0.15) is 35.9 Å². The molecule has 0 spiro atoms. The Morgan fingerprint density at radius 2 is 2.11 bits per heavy atom. The molecule has 0 bridgehead atoms. The first-order valence-electron chi connectivity index (χ1n) is 9.47. The maximum atomic E-state index is 12.2. The molecule has 0 unspecified atom stereocenters. The molecule has 2 N–H and O–H groups in total. The van der Waals surface area contributed by atoms with E-state index in [0.717, 1.165) is 47.4 Å². The molecule has 0 aliphatic rings. The SMILES string of the molecule is CCn1nc(C)c(CCC(=O)NCCc2c[nH]c3ccc(OC)cc23)c1C. The first kappa shape index (κ1) is 19.0. The number of ether oxygens (including phenoxy) is 1. The van der Waals surface area contributed by atoms with Gasteiger partial charge in [0.05, 0.1) is 12.8 Å². The van der Waals surface area contributed by atoms with Crippen LogP contribution in [0.3, 0.4) is 0 Å². The van der Waals surface area contributed by atoms with Crippen LogP contribution in [0.2, 0.25) is 0 Å². The van der Waals surface area contributed by atoms with Gasteiger partial charge in [0.2, 0.25) is 5.91 Å². The van der Waals surface area contributed by atoms with Crippen molar-refractivity contribution in [3.8, 4) is 5.75 Å². The molecule has 144 valence electrons. The highest BCUT2D eigenvalue weighted by atomic mass is 16.5. The monoisotopic (exact) mass is 368 g/mol. The van der Waals surface area contributed by atoms with Gasteiger partial charge in [0.1, 0.15) is 5.75 Å². The van der Waals surface area contributed by atoms with E-state index in [9.17, 15) is 4.79 Å². The Morgan fingerprint density at radius 1 is 1.30 bits per heavy atom. The Labute approximate surface area is 159 Å². The van der Waals surface area contributed by atoms with E-state index >= 15 is 0 Å². The summed E-state index contributed by atoms with van der Waals surface area (Å²) in [6.07, 6.45) is 4.00. The summed E-state index contributed by atoms with van der Waals surface area (Å²) in [5, 5.41) is 8.69. The van der Waals surface area contributed by atoms with E-state index in [1.54, 1.807) is 7.11 Å². The van der Waals surface area contributed by atoms with E-state index in [-0.39, 0.29) is 5.91 Å². The van der Waals surface area contributed by atoms with Crippen LogP contribution < -0.4 is 10.1 Å². The van der Waals surface area contributed by atoms with Gasteiger partial charge in [-0.1, -0.05) is 0 Å². The van der Waals surface area contributed by atoms with Gasteiger partial charge in [0, 0.05) is 42.3 Å². The number of aromatic nitrogens is 3. The summed E-state index contributed by atoms with van der Waals surface area (Å²) in [6, 6.07) is 5.98. The summed E-state index contributed by atoms with van der Waals surface area (Å²) in [7, 11) is 1.67. The first-order valence-corrected chi connectivity index (χ1v) is 9.47. The Morgan fingerprint density at radius 3 is 2.81 bits per heavy atom. The van der Waals surface area contributed by atoms with Crippen molar-refractivity contribution < 1.29 is 9.53 Å². The van der Waals surface area contributed by atoms with Crippen LogP contribution >= 0.6 is 0 Å². The second-order valence-electron chi connectivity index (χ2n) is 6.79. The summed E-state index contributed by atoms with van der Waals surface area (Å²) >= 11 is 0. The third-order valence-electron chi connectivity index (χ3n) is 5.12. The van der Waals surface area contributed by atoms with Gasteiger partial charge in [0.25, 0.3) is 0 Å². The average Bonchev–Trinajstić information content (AvgIpc) is 3.20. The molecule has 1 amide bonds. The number of nitrogens with one attached hydrogen (secondary N) is 2. The van der Waals surface area contributed by atoms with Crippen molar-refractivity contribution in [2.45, 2.75) is 46.6 Å². The van der Waals surface area contributed by atoms with Gasteiger partial charge in [0.15, 0.2) is 0 Å². The molecule has 0 aliphatic heterocycles. The molecular weight excluding hydrogens is 340 g/mol. The molecule has 2 heterocycles. The zero-order valence-corrected chi connectivity index (χ0v) is 16.6. The summed E-state index contributed by atoms with van der Waals surface area (Å²) in [4.78, 5) is 15.5. The van der Waals surface area contributed by atoms with E-state index in [1.165, 1.54) is 11.1 Å². The highest BCUT2D eigenvalue weighted by Gasteiger charge is 2.12. The van der Waals surface area contributed by atoms with Gasteiger partial charge < -0.3 is 15.0 Å². The van der Waals surface area contributed by atoms with Crippen LogP contribution in [0, 0.1) is 13.8 Å². The molecule has 3 aromatic rings. The third-order valence-corrected chi connectivity index (χ3v) is 5.12. The number of nitrogens with zero attached hydrogens (tertiary/aromatic N) is 2. The van der Waals surface area contributed by atoms with E-state index in [2.05, 4.69) is 29.2 Å². The normalized spacial score (nSPS) is 11.1. The van der Waals surface area contributed by atoms with Crippen molar-refractivity contribution in [2.24, 2.45) is 0 Å². The van der Waals surface area contributed by atoms with Gasteiger partial charge in [-0.25, -0.2) is 0 Å². The number of H-pyrrole nitrogens is 1. The molecule has 0 radical (unpaired) electrons. The largest absolute Gasteiger partial charge is 0.497 e. The molecule has 0 aliphatic carbocycles. The molecular formula is C21H28N4O2. The van der Waals surface area contributed by atoms with Gasteiger partial charge in [-0.15, -0.1) is 0 Å². The number of hydrogen-bond donors (Lipinski definition) is 2. The molecule has 27 heavy (non-hydrogen) atoms. The van der Waals surface area contributed by atoms with Gasteiger partial charge >= 0.3 is 0 Å². The predicted molar refractivity (Wildman–Crippen MR) is 107 cm³/mol. The Bertz CT molecular complexity index is 939. The molecule has 0 saturated carbocycles. The van der Waals surface area contributed by atoms with E-state index < -0.39 is 0 Å². The molecule has 6 heteroatoms. The number of fused-ring (bicyclic) bond motifs is 1. The third kappa shape index (κ3) is 4.15. The molecule has 0 saturated heterocycles. The zero-order chi connectivity index (χ0) is 19.4. The van der Waals surface area contributed by atoms with Gasteiger partial charge in [-0.05, 0) is 62.9 Å². The topological polar surface area (TPSA) is 71.9 Å². The second-order valence-corrected chi connectivity index (χ2v) is 6.79. The highest BCUT2D eigenvalue weighted by molar-refractivity contribution is 5.84. The van der Waals surface area contributed by atoms with E-state index in [1.807, 2.05) is 36.0 Å². The molecule has 3 rings (SSSR count). The summed E-state index contributed by atoms with van der Waals surface area (Å²) in [5.74, 6) is 0.918. The van der Waals surface area contributed by atoms with Crippen LogP contribution in [0.4, 0.5) is 0 Å². The highest BCUT2D eigenvalue weighted by Crippen LogP contribution is 2.23. The number of hydrogen-bond acceptors (Lipinski definition) is 3. The summed E-state index contributed by atoms with van der Waals surface area (Å²) < 4.78 is 7.30. The number of aromatic amines is 1. The number of benzene rings is 1. The van der Waals surface area contributed by atoms with Crippen molar-refractivity contribution in [1.29, 1.82) is 0 Å². The lowest BCUT2D eigenvalue weighted by molar-refractivity contribution is -0.121. The predicted octanol–water partition coefficient (Wildman–Crippen LogP) is 3.30. The maximum absolute atomic E-state index is 12.2. The van der Waals surface area contributed by atoms with Crippen molar-refractivity contribution >= 4 is 16.8 Å². The van der Waals surface area contributed by atoms with Crippen LogP contribution in [0.15, 0.2) is 24.4 Å². The number of rotatable bonds is 8. The molecule has 2 aromatic heterocycles. The fourth-order valence-corrected chi connectivity index (χ4v) is 3.56. The quantitative estimate of drug-likeness (QED) is 0.641. The number of methoxy groups -OCH3 is 1. The first-order chi connectivity index (χ1) is 13.0. The van der Waals surface area contributed by atoms with E-state index in [0.29, 0.717) is 13.0 Å². The molecule has 1 aromatic carbocycles. The van der Waals surface area contributed by atoms with Crippen molar-refractivity contribution in [3.05, 3.63) is 46.9 Å². The zero-order valence-electron chi connectivity index (χ0n) is 16.6. The summed E-state index contributed by atoms with van der Waals surface area (Å²) in [5.41, 5.74) is 5.64. The molecule has 0 atom stereocenters. The van der Waals surface area contributed by atoms with Crippen molar-refractivity contribution in [3.63, 3.8) is 0 Å². The van der Waals surface area contributed by atoms with Crippen LogP contribution in [0.25, 0.3) is 10.9 Å². The Balaban J connectivity index is 1.52. The number of carbonyl (C=O) groups is 1. The van der Waals surface area contributed by atoms with Gasteiger partial charge in [-0.3, -0.25) is 9.48 Å². The lowest BCUT2D eigenvalue weighted by atomic mass is 10.1. The van der Waals surface area contributed by atoms with Crippen molar-refractivity contribution in [2.75, 3.05) is 13.7 Å². The minimum Gasteiger partial charge on any atom is -0.497 e. The number of carbonyl (C=O) groups excluding carboxylic acids is 1. The standard InChI is InChI=1S/C21H28N4O2/c1-5-25-15(3)18(14(2)24-25)7-9-21(26)22-11-10-16-13-23-20-8-6-17(27-4)12-19(16)20/h6,8,12-13,23H,5,7,9-11H2,1-4H3,(H,22,26). The Kier molecular flexibility index (Phi) is 5.84. The fourth-order valence-electron chi connectivity index (χ4n) is 3.56. The van der Waals surface area contributed by atoms with Crippen LogP contribution in [-0.4, -0.2) is 34.3 Å². The maximum Gasteiger partial charge on any atom is 0.220 e. The summed E-state index contributed by atoms with van der Waals surface area (Å²) in [6.45, 7) is 7.64. The van der Waals surface area contributed by atoms with Crippen LogP contribution in [-0.2, 0) is 24.2 Å². The minimum absolute atomic E-state index is 0.0791. The van der Waals surface area contributed by atoms with Crippen LogP contribution in [0.5, 0.6) is 5.75 Å². The Hall–Kier alpha value is -2.76. The fraction of sp³-hybridized carbons (Fsp3) is 0.429. The lowest BCUT2D eigenvalue weighted by Gasteiger charge is -2.06. The van der Waals surface area contributed by atoms with E-state index in [4.69, 9.17) is 4.74 Å². The number of aryl methyl sites for hydroxylation is 2. The second kappa shape index (κ2) is 8.29. The minimum atomic E-state index is 0.0791. The molecule has 6 nitrogen and oxygen atoms in total. The smallest absolute Gasteiger partial charge is 0.220 e. The van der Waals surface area contributed by atoms with Crippen molar-refractivity contribution in [1.82, 2.24) is 20.1 Å². The average molecular weight is 368 g/mol.